The number of aromatic carboxylic acids is 1. The van der Waals surface area contributed by atoms with E-state index >= 15 is 0 Å². The second kappa shape index (κ2) is 12.2. The zero-order valence-electron chi connectivity index (χ0n) is 23.4. The second-order valence-corrected chi connectivity index (χ2v) is 10.8. The molecule has 0 saturated carbocycles. The predicted molar refractivity (Wildman–Crippen MR) is 147 cm³/mol. The van der Waals surface area contributed by atoms with Crippen LogP contribution in [0.1, 0.15) is 48.2 Å². The molecule has 2 aromatic carbocycles. The molecule has 0 bridgehead atoms. The number of aromatic nitrogens is 4. The number of rotatable bonds is 10. The number of likely N-dealkylation sites (tertiary alicyclic amines) is 1. The van der Waals surface area contributed by atoms with E-state index in [1.165, 1.54) is 6.20 Å². The summed E-state index contributed by atoms with van der Waals surface area (Å²) in [6.45, 7) is 4.54. The molecule has 2 aromatic heterocycles. The molecule has 4 heterocycles. The molecule has 0 aliphatic carbocycles. The maximum atomic E-state index is 13.9. The summed E-state index contributed by atoms with van der Waals surface area (Å²) in [6, 6.07) is 7.83. The summed E-state index contributed by atoms with van der Waals surface area (Å²) in [4.78, 5) is 27.2. The van der Waals surface area contributed by atoms with Gasteiger partial charge in [-0.05, 0) is 44.4 Å². The highest BCUT2D eigenvalue weighted by atomic mass is 19.2. The van der Waals surface area contributed by atoms with E-state index in [0.29, 0.717) is 31.1 Å². The fourth-order valence-corrected chi connectivity index (χ4v) is 5.41. The highest BCUT2D eigenvalue weighted by Crippen LogP contribution is 2.27. The summed E-state index contributed by atoms with van der Waals surface area (Å²) in [5, 5.41) is 9.50. The van der Waals surface area contributed by atoms with Crippen LogP contribution in [-0.4, -0.2) is 66.9 Å². The Bertz CT molecular complexity index is 1650. The quantitative estimate of drug-likeness (QED) is 0.259. The van der Waals surface area contributed by atoms with Crippen molar-refractivity contribution in [2.45, 2.75) is 64.1 Å². The van der Waals surface area contributed by atoms with Crippen LogP contribution in [0.4, 0.5) is 13.2 Å². The SMILES string of the molecule is C[C@H]1C[C@@H](Oc2ccnc(COc3cc(F)c(F)cc3F)n2)CCN1Cc1nc2ccc(C(=O)O)cc2n1C[C@@H]1CCO1. The molecule has 10 nitrogen and oxygen atoms in total. The Hall–Kier alpha value is -4.23. The van der Waals surface area contributed by atoms with Crippen LogP contribution in [0, 0.1) is 17.5 Å². The first kappa shape index (κ1) is 28.9. The summed E-state index contributed by atoms with van der Waals surface area (Å²) in [7, 11) is 0. The first-order valence-corrected chi connectivity index (χ1v) is 14.1. The molecule has 0 spiro atoms. The van der Waals surface area contributed by atoms with E-state index in [-0.39, 0.29) is 36.2 Å². The van der Waals surface area contributed by atoms with Crippen molar-refractivity contribution < 1.29 is 37.3 Å². The topological polar surface area (TPSA) is 112 Å². The molecule has 1 N–H and O–H groups in total. The van der Waals surface area contributed by atoms with Crippen molar-refractivity contribution in [2.75, 3.05) is 13.2 Å². The highest BCUT2D eigenvalue weighted by Gasteiger charge is 2.29. The largest absolute Gasteiger partial charge is 0.482 e. The molecule has 0 unspecified atom stereocenters. The summed E-state index contributed by atoms with van der Waals surface area (Å²) in [5.74, 6) is -3.56. The van der Waals surface area contributed by atoms with Gasteiger partial charge in [0.15, 0.2) is 29.0 Å². The molecular formula is C30H30F3N5O5. The van der Waals surface area contributed by atoms with Crippen molar-refractivity contribution in [2.24, 2.45) is 0 Å². The Morgan fingerprint density at radius 1 is 1.09 bits per heavy atom. The van der Waals surface area contributed by atoms with E-state index in [0.717, 1.165) is 49.3 Å². The van der Waals surface area contributed by atoms with Gasteiger partial charge in [0.1, 0.15) is 18.5 Å². The number of imidazole rings is 1. The van der Waals surface area contributed by atoms with Crippen LogP contribution in [0.3, 0.4) is 0 Å². The molecule has 0 amide bonds. The Morgan fingerprint density at radius 3 is 2.65 bits per heavy atom. The summed E-state index contributed by atoms with van der Waals surface area (Å²) < 4.78 is 59.7. The fraction of sp³-hybridized carbons (Fsp3) is 0.400. The molecule has 2 saturated heterocycles. The monoisotopic (exact) mass is 597 g/mol. The molecule has 43 heavy (non-hydrogen) atoms. The van der Waals surface area contributed by atoms with Gasteiger partial charge in [-0.3, -0.25) is 4.90 Å². The third-order valence-electron chi connectivity index (χ3n) is 7.86. The minimum Gasteiger partial charge on any atom is -0.482 e. The third kappa shape index (κ3) is 6.42. The molecule has 2 aliphatic heterocycles. The van der Waals surface area contributed by atoms with E-state index < -0.39 is 29.2 Å². The number of carbonyl (C=O) groups is 1. The lowest BCUT2D eigenvalue weighted by molar-refractivity contribution is -0.0593. The van der Waals surface area contributed by atoms with Crippen molar-refractivity contribution in [1.82, 2.24) is 24.4 Å². The average molecular weight is 598 g/mol. The zero-order chi connectivity index (χ0) is 30.1. The summed E-state index contributed by atoms with van der Waals surface area (Å²) in [6.07, 6.45) is 3.88. The highest BCUT2D eigenvalue weighted by molar-refractivity contribution is 5.92. The minimum atomic E-state index is -1.30. The number of carboxylic acids is 1. The van der Waals surface area contributed by atoms with Crippen LogP contribution >= 0.6 is 0 Å². The van der Waals surface area contributed by atoms with E-state index in [2.05, 4.69) is 26.4 Å². The normalized spacial score (nSPS) is 20.6. The molecular weight excluding hydrogens is 567 g/mol. The van der Waals surface area contributed by atoms with Gasteiger partial charge in [-0.1, -0.05) is 0 Å². The van der Waals surface area contributed by atoms with Crippen molar-refractivity contribution in [1.29, 1.82) is 0 Å². The van der Waals surface area contributed by atoms with Crippen molar-refractivity contribution in [3.8, 4) is 11.6 Å². The maximum absolute atomic E-state index is 13.9. The van der Waals surface area contributed by atoms with E-state index in [1.807, 2.05) is 0 Å². The first-order chi connectivity index (χ1) is 20.7. The molecule has 226 valence electrons. The molecule has 13 heteroatoms. The number of hydrogen-bond acceptors (Lipinski definition) is 8. The van der Waals surface area contributed by atoms with Gasteiger partial charge in [0.2, 0.25) is 5.88 Å². The molecule has 0 radical (unpaired) electrons. The van der Waals surface area contributed by atoms with Crippen LogP contribution in [0.15, 0.2) is 42.6 Å². The van der Waals surface area contributed by atoms with Gasteiger partial charge in [-0.2, -0.15) is 4.98 Å². The minimum absolute atomic E-state index is 0.0835. The molecule has 2 fully saturated rings. The average Bonchev–Trinajstić information content (AvgIpc) is 3.29. The van der Waals surface area contributed by atoms with E-state index in [9.17, 15) is 23.1 Å². The van der Waals surface area contributed by atoms with Crippen molar-refractivity contribution in [3.63, 3.8) is 0 Å². The van der Waals surface area contributed by atoms with Crippen molar-refractivity contribution in [3.05, 3.63) is 77.3 Å². The van der Waals surface area contributed by atoms with Crippen LogP contribution < -0.4 is 9.47 Å². The lowest BCUT2D eigenvalue weighted by atomic mass is 10.0. The third-order valence-corrected chi connectivity index (χ3v) is 7.86. The maximum Gasteiger partial charge on any atom is 0.335 e. The van der Waals surface area contributed by atoms with Crippen LogP contribution in [-0.2, 0) is 24.4 Å². The van der Waals surface area contributed by atoms with Gasteiger partial charge in [-0.15, -0.1) is 0 Å². The number of piperidine rings is 1. The number of carboxylic acid groups (broad SMARTS) is 1. The molecule has 6 rings (SSSR count). The number of nitrogens with zero attached hydrogens (tertiary/aromatic N) is 5. The van der Waals surface area contributed by atoms with Crippen LogP contribution in [0.5, 0.6) is 11.6 Å². The number of ether oxygens (including phenoxy) is 3. The Morgan fingerprint density at radius 2 is 1.91 bits per heavy atom. The fourth-order valence-electron chi connectivity index (χ4n) is 5.41. The zero-order valence-corrected chi connectivity index (χ0v) is 23.4. The number of fused-ring (bicyclic) bond motifs is 1. The van der Waals surface area contributed by atoms with Gasteiger partial charge in [0.05, 0.1) is 35.8 Å². The molecule has 3 atom stereocenters. The van der Waals surface area contributed by atoms with Crippen LogP contribution in [0.2, 0.25) is 0 Å². The standard InChI is InChI=1S/C30H30F3N5O5/c1-17-10-19(43-29-4-7-34-27(36-29)16-42-26-13-22(32)21(31)12-23(26)33)5-8-37(17)15-28-35-24-3-2-18(30(39)40)11-25(24)38(28)14-20-6-9-41-20/h2-4,7,11-13,17,19-20H,5-6,8-10,14-16H2,1H3,(H,39,40)/t17-,19-,20-/m0/s1. The number of hydrogen-bond donors (Lipinski definition) is 1. The molecule has 4 aromatic rings. The second-order valence-electron chi connectivity index (χ2n) is 10.8. The Labute approximate surface area is 245 Å². The predicted octanol–water partition coefficient (Wildman–Crippen LogP) is 4.74. The molecule has 2 aliphatic rings. The van der Waals surface area contributed by atoms with Gasteiger partial charge < -0.3 is 23.9 Å². The van der Waals surface area contributed by atoms with E-state index in [1.54, 1.807) is 24.3 Å². The Kier molecular flexibility index (Phi) is 8.17. The lowest BCUT2D eigenvalue weighted by Crippen LogP contribution is -2.44. The Balaban J connectivity index is 1.09. The van der Waals surface area contributed by atoms with Gasteiger partial charge in [-0.25, -0.2) is 27.9 Å². The lowest BCUT2D eigenvalue weighted by Gasteiger charge is -2.37. The van der Waals surface area contributed by atoms with Gasteiger partial charge >= 0.3 is 5.97 Å². The van der Waals surface area contributed by atoms with Gasteiger partial charge in [0, 0.05) is 43.6 Å². The number of benzene rings is 2. The summed E-state index contributed by atoms with van der Waals surface area (Å²) >= 11 is 0. The van der Waals surface area contributed by atoms with Crippen molar-refractivity contribution >= 4 is 17.0 Å². The van der Waals surface area contributed by atoms with Gasteiger partial charge in [0.25, 0.3) is 0 Å². The first-order valence-electron chi connectivity index (χ1n) is 14.1. The summed E-state index contributed by atoms with van der Waals surface area (Å²) in [5.41, 5.74) is 1.75. The smallest absolute Gasteiger partial charge is 0.335 e. The number of halogens is 3. The van der Waals surface area contributed by atoms with E-state index in [4.69, 9.17) is 19.2 Å². The van der Waals surface area contributed by atoms with Crippen LogP contribution in [0.25, 0.3) is 11.0 Å².